The number of benzene rings is 3. The number of carboxylic acid groups (broad SMARTS) is 1. The summed E-state index contributed by atoms with van der Waals surface area (Å²) in [5.41, 5.74) is 1.55. The highest BCUT2D eigenvalue weighted by atomic mass is 19.1. The number of fused-ring (bicyclic) bond motifs is 1. The van der Waals surface area contributed by atoms with E-state index in [4.69, 9.17) is 9.47 Å². The summed E-state index contributed by atoms with van der Waals surface area (Å²) in [5.74, 6) is -1.45. The third kappa shape index (κ3) is 5.64. The lowest BCUT2D eigenvalue weighted by Gasteiger charge is -2.24. The molecule has 0 radical (unpaired) electrons. The van der Waals surface area contributed by atoms with E-state index in [1.54, 1.807) is 36.4 Å². The van der Waals surface area contributed by atoms with Crippen molar-refractivity contribution < 1.29 is 33.0 Å². The quantitative estimate of drug-likeness (QED) is 0.467. The maximum Gasteiger partial charge on any atom is 0.323 e. The Labute approximate surface area is 208 Å². The maximum absolute atomic E-state index is 14.3. The molecule has 4 rings (SSSR count). The molecule has 0 bridgehead atoms. The number of carboxylic acids is 1. The van der Waals surface area contributed by atoms with Crippen molar-refractivity contribution in [1.29, 1.82) is 0 Å². The molecule has 8 heteroatoms. The summed E-state index contributed by atoms with van der Waals surface area (Å²) in [6.07, 6.45) is 1.11. The molecule has 1 amide bonds. The average molecular weight is 496 g/mol. The molecule has 1 aliphatic heterocycles. The molecule has 0 spiro atoms. The molecule has 36 heavy (non-hydrogen) atoms. The van der Waals surface area contributed by atoms with Crippen molar-refractivity contribution in [1.82, 2.24) is 4.90 Å². The molecular weight excluding hydrogens is 468 g/mol. The fourth-order valence-electron chi connectivity index (χ4n) is 4.52. The first-order valence-corrected chi connectivity index (χ1v) is 11.6. The minimum Gasteiger partial charge on any atom is -0.493 e. The Morgan fingerprint density at radius 3 is 2.50 bits per heavy atom. The summed E-state index contributed by atoms with van der Waals surface area (Å²) in [6.45, 7) is 1.53. The van der Waals surface area contributed by atoms with Crippen LogP contribution in [0, 0.1) is 11.6 Å². The van der Waals surface area contributed by atoms with Gasteiger partial charge in [0.2, 0.25) is 0 Å². The summed E-state index contributed by atoms with van der Waals surface area (Å²) in [7, 11) is 1.46. The Balaban J connectivity index is 1.57. The topological polar surface area (TPSA) is 76.1 Å². The van der Waals surface area contributed by atoms with Gasteiger partial charge in [0.05, 0.1) is 7.11 Å². The van der Waals surface area contributed by atoms with E-state index >= 15 is 0 Å². The van der Waals surface area contributed by atoms with Gasteiger partial charge in [-0.3, -0.25) is 9.59 Å². The highest BCUT2D eigenvalue weighted by Gasteiger charge is 2.38. The Hall–Kier alpha value is -3.94. The number of rotatable bonds is 9. The van der Waals surface area contributed by atoms with Crippen molar-refractivity contribution in [2.45, 2.75) is 31.8 Å². The van der Waals surface area contributed by atoms with Gasteiger partial charge in [0.1, 0.15) is 23.8 Å². The summed E-state index contributed by atoms with van der Waals surface area (Å²) >= 11 is 0. The molecule has 188 valence electrons. The van der Waals surface area contributed by atoms with Gasteiger partial charge >= 0.3 is 5.97 Å². The first kappa shape index (κ1) is 25.2. The number of ether oxygens (including phenoxy) is 2. The van der Waals surface area contributed by atoms with E-state index in [9.17, 15) is 23.5 Å². The first-order chi connectivity index (χ1) is 17.2. The molecule has 1 N–H and O–H groups in total. The van der Waals surface area contributed by atoms with Gasteiger partial charge in [0.15, 0.2) is 11.5 Å². The van der Waals surface area contributed by atoms with Crippen LogP contribution in [0.1, 0.15) is 34.0 Å². The molecule has 0 fully saturated rings. The highest BCUT2D eigenvalue weighted by molar-refractivity contribution is 5.97. The third-order valence-electron chi connectivity index (χ3n) is 6.23. The number of nitrogens with zero attached hydrogens (tertiary/aromatic N) is 1. The number of amides is 1. The van der Waals surface area contributed by atoms with E-state index in [1.807, 2.05) is 6.92 Å². The van der Waals surface area contributed by atoms with Crippen LogP contribution >= 0.6 is 0 Å². The second-order valence-electron chi connectivity index (χ2n) is 9.16. The minimum absolute atomic E-state index is 0.137. The number of halogens is 2. The van der Waals surface area contributed by atoms with E-state index < -0.39 is 24.0 Å². The van der Waals surface area contributed by atoms with Gasteiger partial charge in [-0.25, -0.2) is 8.78 Å². The zero-order chi connectivity index (χ0) is 25.9. The van der Waals surface area contributed by atoms with Crippen LogP contribution in [0.5, 0.6) is 11.5 Å². The predicted octanol–water partition coefficient (Wildman–Crippen LogP) is 4.68. The molecule has 1 aliphatic rings. The van der Waals surface area contributed by atoms with E-state index in [-0.39, 0.29) is 23.7 Å². The predicted molar refractivity (Wildman–Crippen MR) is 129 cm³/mol. The Morgan fingerprint density at radius 2 is 1.83 bits per heavy atom. The Morgan fingerprint density at radius 1 is 1.11 bits per heavy atom. The second kappa shape index (κ2) is 10.4. The fourth-order valence-corrected chi connectivity index (χ4v) is 4.52. The maximum atomic E-state index is 14.3. The lowest BCUT2D eigenvalue weighted by Crippen LogP contribution is -2.37. The zero-order valence-corrected chi connectivity index (χ0v) is 20.1. The Kier molecular flexibility index (Phi) is 7.24. The SMILES string of the molecule is COc1cc(C(=O)N(CCc2ccc(F)cc2)CC(=O)O)cc2c1OC(C)(Cc1ccccc1F)C2. The largest absolute Gasteiger partial charge is 0.493 e. The van der Waals surface area contributed by atoms with E-state index in [0.29, 0.717) is 36.3 Å². The van der Waals surface area contributed by atoms with Gasteiger partial charge in [-0.05, 0) is 54.8 Å². The van der Waals surface area contributed by atoms with Gasteiger partial charge in [-0.1, -0.05) is 30.3 Å². The fraction of sp³-hybridized carbons (Fsp3) is 0.286. The summed E-state index contributed by atoms with van der Waals surface area (Å²) in [6, 6.07) is 15.6. The number of carbonyl (C=O) groups excluding carboxylic acids is 1. The van der Waals surface area contributed by atoms with Gasteiger partial charge in [-0.2, -0.15) is 0 Å². The van der Waals surface area contributed by atoms with Gasteiger partial charge < -0.3 is 19.5 Å². The molecule has 1 atom stereocenters. The van der Waals surface area contributed by atoms with Crippen LogP contribution in [0.3, 0.4) is 0 Å². The lowest BCUT2D eigenvalue weighted by atomic mass is 9.91. The molecule has 1 unspecified atom stereocenters. The smallest absolute Gasteiger partial charge is 0.323 e. The van der Waals surface area contributed by atoms with Gasteiger partial charge in [-0.15, -0.1) is 0 Å². The van der Waals surface area contributed by atoms with E-state index in [2.05, 4.69) is 0 Å². The average Bonchev–Trinajstić information content (AvgIpc) is 3.18. The molecule has 0 saturated heterocycles. The third-order valence-corrected chi connectivity index (χ3v) is 6.23. The first-order valence-electron chi connectivity index (χ1n) is 11.6. The van der Waals surface area contributed by atoms with Crippen molar-refractivity contribution >= 4 is 11.9 Å². The lowest BCUT2D eigenvalue weighted by molar-refractivity contribution is -0.137. The molecule has 0 aromatic heterocycles. The number of hydrogen-bond donors (Lipinski definition) is 1. The molecule has 0 saturated carbocycles. The Bertz CT molecular complexity index is 1280. The van der Waals surface area contributed by atoms with Gasteiger partial charge in [0.25, 0.3) is 5.91 Å². The normalized spacial score (nSPS) is 16.2. The number of aliphatic carboxylic acids is 1. The number of methoxy groups -OCH3 is 1. The van der Waals surface area contributed by atoms with Crippen molar-refractivity contribution in [3.63, 3.8) is 0 Å². The minimum atomic E-state index is -1.14. The monoisotopic (exact) mass is 495 g/mol. The molecule has 3 aromatic carbocycles. The summed E-state index contributed by atoms with van der Waals surface area (Å²) < 4.78 is 39.2. The second-order valence-corrected chi connectivity index (χ2v) is 9.16. The van der Waals surface area contributed by atoms with Crippen LogP contribution in [-0.4, -0.2) is 47.7 Å². The van der Waals surface area contributed by atoms with Gasteiger partial charge in [0, 0.05) is 30.5 Å². The van der Waals surface area contributed by atoms with Crippen LogP contribution in [0.4, 0.5) is 8.78 Å². The number of hydrogen-bond acceptors (Lipinski definition) is 4. The molecular formula is C28H27F2NO5. The molecule has 3 aromatic rings. The molecule has 0 aliphatic carbocycles. The van der Waals surface area contributed by atoms with Crippen LogP contribution in [0.15, 0.2) is 60.7 Å². The highest BCUT2D eigenvalue weighted by Crippen LogP contribution is 2.44. The molecule has 1 heterocycles. The van der Waals surface area contributed by atoms with Crippen molar-refractivity contribution in [3.8, 4) is 11.5 Å². The van der Waals surface area contributed by atoms with Crippen molar-refractivity contribution in [2.75, 3.05) is 20.2 Å². The van der Waals surface area contributed by atoms with Crippen LogP contribution < -0.4 is 9.47 Å². The van der Waals surface area contributed by atoms with Crippen molar-refractivity contribution in [2.24, 2.45) is 0 Å². The van der Waals surface area contributed by atoms with E-state index in [0.717, 1.165) is 11.1 Å². The van der Waals surface area contributed by atoms with E-state index in [1.165, 1.54) is 36.3 Å². The van der Waals surface area contributed by atoms with Crippen LogP contribution in [0.25, 0.3) is 0 Å². The number of carbonyl (C=O) groups is 2. The molecule has 6 nitrogen and oxygen atoms in total. The zero-order valence-electron chi connectivity index (χ0n) is 20.1. The van der Waals surface area contributed by atoms with Crippen molar-refractivity contribution in [3.05, 3.63) is 94.6 Å². The van der Waals surface area contributed by atoms with Crippen LogP contribution in [-0.2, 0) is 24.1 Å². The summed E-state index contributed by atoms with van der Waals surface area (Å²) in [4.78, 5) is 26.1. The standard InChI is InChI=1S/C28H27F2NO5/c1-28(15-19-5-3-4-6-23(19)30)16-21-13-20(14-24(35-2)26(21)36-28)27(34)31(17-25(32)33)12-11-18-7-9-22(29)10-8-18/h3-10,13-14H,11-12,15-17H2,1-2H3,(H,32,33). The van der Waals surface area contributed by atoms with Crippen LogP contribution in [0.2, 0.25) is 0 Å². The summed E-state index contributed by atoms with van der Waals surface area (Å²) in [5, 5.41) is 9.38.